The number of amides is 2. The monoisotopic (exact) mass is 309 g/mol. The third-order valence-electron chi connectivity index (χ3n) is 3.90. The SMILES string of the molecule is CCCc1ncc(CNC(=O)NC2CCC(C(=O)O)CC2)o1. The van der Waals surface area contributed by atoms with Gasteiger partial charge >= 0.3 is 12.0 Å². The largest absolute Gasteiger partial charge is 0.481 e. The summed E-state index contributed by atoms with van der Waals surface area (Å²) in [6.45, 7) is 2.35. The number of carbonyl (C=O) groups excluding carboxylic acids is 1. The van der Waals surface area contributed by atoms with E-state index in [1.165, 1.54) is 0 Å². The summed E-state index contributed by atoms with van der Waals surface area (Å²) < 4.78 is 5.49. The molecule has 0 atom stereocenters. The fraction of sp³-hybridized carbons (Fsp3) is 0.667. The van der Waals surface area contributed by atoms with Crippen molar-refractivity contribution in [2.24, 2.45) is 5.92 Å². The van der Waals surface area contributed by atoms with Crippen LogP contribution in [-0.4, -0.2) is 28.1 Å². The van der Waals surface area contributed by atoms with E-state index in [-0.39, 0.29) is 18.0 Å². The summed E-state index contributed by atoms with van der Waals surface area (Å²) in [4.78, 5) is 26.8. The van der Waals surface area contributed by atoms with Crippen molar-refractivity contribution in [1.82, 2.24) is 15.6 Å². The highest BCUT2D eigenvalue weighted by Gasteiger charge is 2.26. The second-order valence-corrected chi connectivity index (χ2v) is 5.68. The highest BCUT2D eigenvalue weighted by molar-refractivity contribution is 5.74. The molecule has 0 bridgehead atoms. The van der Waals surface area contributed by atoms with Gasteiger partial charge < -0.3 is 20.2 Å². The van der Waals surface area contributed by atoms with E-state index < -0.39 is 5.97 Å². The number of carboxylic acid groups (broad SMARTS) is 1. The van der Waals surface area contributed by atoms with Crippen LogP contribution in [0.4, 0.5) is 4.79 Å². The first-order chi connectivity index (χ1) is 10.6. The second-order valence-electron chi connectivity index (χ2n) is 5.68. The van der Waals surface area contributed by atoms with Gasteiger partial charge in [-0.25, -0.2) is 9.78 Å². The smallest absolute Gasteiger partial charge is 0.315 e. The number of hydrogen-bond donors (Lipinski definition) is 3. The molecule has 2 rings (SSSR count). The van der Waals surface area contributed by atoms with Crippen molar-refractivity contribution in [3.8, 4) is 0 Å². The summed E-state index contributed by atoms with van der Waals surface area (Å²) in [5.74, 6) is 0.309. The molecule has 0 aliphatic heterocycles. The minimum absolute atomic E-state index is 0.0426. The topological polar surface area (TPSA) is 104 Å². The molecule has 7 heteroatoms. The zero-order valence-electron chi connectivity index (χ0n) is 12.8. The van der Waals surface area contributed by atoms with E-state index >= 15 is 0 Å². The molecule has 1 aromatic heterocycles. The predicted molar refractivity (Wildman–Crippen MR) is 79.3 cm³/mol. The predicted octanol–water partition coefficient (Wildman–Crippen LogP) is 2.07. The van der Waals surface area contributed by atoms with Gasteiger partial charge in [0, 0.05) is 12.5 Å². The maximum Gasteiger partial charge on any atom is 0.315 e. The minimum Gasteiger partial charge on any atom is -0.481 e. The Balaban J connectivity index is 1.68. The molecule has 7 nitrogen and oxygen atoms in total. The fourth-order valence-electron chi connectivity index (χ4n) is 2.65. The number of oxazole rings is 1. The Morgan fingerprint density at radius 1 is 1.36 bits per heavy atom. The van der Waals surface area contributed by atoms with Gasteiger partial charge in [-0.15, -0.1) is 0 Å². The van der Waals surface area contributed by atoms with Crippen LogP contribution < -0.4 is 10.6 Å². The Kier molecular flexibility index (Phi) is 5.80. The van der Waals surface area contributed by atoms with Crippen LogP contribution in [0, 0.1) is 5.92 Å². The van der Waals surface area contributed by atoms with Gasteiger partial charge in [0.15, 0.2) is 5.89 Å². The Bertz CT molecular complexity index is 507. The van der Waals surface area contributed by atoms with Gasteiger partial charge in [-0.2, -0.15) is 0 Å². The van der Waals surface area contributed by atoms with Crippen LogP contribution in [0.1, 0.15) is 50.7 Å². The Morgan fingerprint density at radius 2 is 2.09 bits per heavy atom. The third-order valence-corrected chi connectivity index (χ3v) is 3.90. The van der Waals surface area contributed by atoms with E-state index in [2.05, 4.69) is 22.5 Å². The molecule has 0 radical (unpaired) electrons. The van der Waals surface area contributed by atoms with Crippen LogP contribution in [-0.2, 0) is 17.8 Å². The molecule has 0 spiro atoms. The lowest BCUT2D eigenvalue weighted by atomic mass is 9.86. The highest BCUT2D eigenvalue weighted by atomic mass is 16.4. The number of carbonyl (C=O) groups is 2. The maximum atomic E-state index is 11.8. The van der Waals surface area contributed by atoms with Crippen molar-refractivity contribution in [2.45, 2.75) is 58.0 Å². The summed E-state index contributed by atoms with van der Waals surface area (Å²) in [5, 5.41) is 14.6. The van der Waals surface area contributed by atoms with Gasteiger partial charge in [-0.1, -0.05) is 6.92 Å². The molecule has 0 aromatic carbocycles. The number of nitrogens with zero attached hydrogens (tertiary/aromatic N) is 1. The van der Waals surface area contributed by atoms with Crippen LogP contribution >= 0.6 is 0 Å². The number of carboxylic acids is 1. The molecule has 2 amide bonds. The van der Waals surface area contributed by atoms with Crippen molar-refractivity contribution < 1.29 is 19.1 Å². The average Bonchev–Trinajstić information content (AvgIpc) is 2.94. The van der Waals surface area contributed by atoms with E-state index in [4.69, 9.17) is 9.52 Å². The molecular formula is C15H23N3O4. The molecule has 1 aliphatic carbocycles. The summed E-state index contributed by atoms with van der Waals surface area (Å²) in [7, 11) is 0. The van der Waals surface area contributed by atoms with Gasteiger partial charge in [-0.05, 0) is 32.1 Å². The van der Waals surface area contributed by atoms with Crippen LogP contribution in [0.5, 0.6) is 0 Å². The zero-order chi connectivity index (χ0) is 15.9. The van der Waals surface area contributed by atoms with E-state index in [1.807, 2.05) is 0 Å². The van der Waals surface area contributed by atoms with Gasteiger partial charge in [0.05, 0.1) is 18.7 Å². The number of rotatable bonds is 6. The molecule has 0 unspecified atom stereocenters. The molecule has 1 aromatic rings. The van der Waals surface area contributed by atoms with Crippen molar-refractivity contribution in [1.29, 1.82) is 0 Å². The number of urea groups is 1. The molecule has 0 saturated heterocycles. The van der Waals surface area contributed by atoms with Crippen LogP contribution in [0.3, 0.4) is 0 Å². The first-order valence-electron chi connectivity index (χ1n) is 7.79. The molecule has 1 heterocycles. The van der Waals surface area contributed by atoms with Gasteiger partial charge in [-0.3, -0.25) is 4.79 Å². The van der Waals surface area contributed by atoms with Gasteiger partial charge in [0.25, 0.3) is 0 Å². The number of aromatic nitrogens is 1. The maximum absolute atomic E-state index is 11.8. The van der Waals surface area contributed by atoms with Crippen LogP contribution in [0.2, 0.25) is 0 Å². The van der Waals surface area contributed by atoms with E-state index in [9.17, 15) is 9.59 Å². The van der Waals surface area contributed by atoms with E-state index in [0.29, 0.717) is 43.9 Å². The first-order valence-corrected chi connectivity index (χ1v) is 7.79. The van der Waals surface area contributed by atoms with Gasteiger partial charge in [0.1, 0.15) is 5.76 Å². The number of hydrogen-bond acceptors (Lipinski definition) is 4. The average molecular weight is 309 g/mol. The number of aryl methyl sites for hydroxylation is 1. The lowest BCUT2D eigenvalue weighted by Gasteiger charge is -2.26. The Morgan fingerprint density at radius 3 is 2.73 bits per heavy atom. The summed E-state index contributed by atoms with van der Waals surface area (Å²) in [5.41, 5.74) is 0. The summed E-state index contributed by atoms with van der Waals surface area (Å²) in [6.07, 6.45) is 6.02. The molecule has 122 valence electrons. The fourth-order valence-corrected chi connectivity index (χ4v) is 2.65. The Hall–Kier alpha value is -2.05. The first kappa shape index (κ1) is 16.3. The van der Waals surface area contributed by atoms with Crippen molar-refractivity contribution in [3.05, 3.63) is 17.8 Å². The standard InChI is InChI=1S/C15H23N3O4/c1-2-3-13-16-8-12(22-13)9-17-15(21)18-11-6-4-10(5-7-11)14(19)20/h8,10-11H,2-7,9H2,1H3,(H,19,20)(H2,17,18,21). The van der Waals surface area contributed by atoms with Crippen LogP contribution in [0.15, 0.2) is 10.6 Å². The molecule has 1 aliphatic rings. The van der Waals surface area contributed by atoms with Crippen molar-refractivity contribution in [2.75, 3.05) is 0 Å². The van der Waals surface area contributed by atoms with Crippen molar-refractivity contribution in [3.63, 3.8) is 0 Å². The zero-order valence-corrected chi connectivity index (χ0v) is 12.8. The molecule has 1 saturated carbocycles. The number of nitrogens with one attached hydrogen (secondary N) is 2. The minimum atomic E-state index is -0.740. The quantitative estimate of drug-likeness (QED) is 0.746. The van der Waals surface area contributed by atoms with E-state index in [1.54, 1.807) is 6.20 Å². The third kappa shape index (κ3) is 4.75. The summed E-state index contributed by atoms with van der Waals surface area (Å²) in [6, 6.07) is -0.215. The van der Waals surface area contributed by atoms with Gasteiger partial charge in [0.2, 0.25) is 0 Å². The second kappa shape index (κ2) is 7.82. The number of aliphatic carboxylic acids is 1. The molecule has 3 N–H and O–H groups in total. The van der Waals surface area contributed by atoms with E-state index in [0.717, 1.165) is 12.8 Å². The Labute approximate surface area is 129 Å². The van der Waals surface area contributed by atoms with Crippen LogP contribution in [0.25, 0.3) is 0 Å². The van der Waals surface area contributed by atoms with Crippen molar-refractivity contribution >= 4 is 12.0 Å². The summed E-state index contributed by atoms with van der Waals surface area (Å²) >= 11 is 0. The molecular weight excluding hydrogens is 286 g/mol. The normalized spacial score (nSPS) is 21.3. The lowest BCUT2D eigenvalue weighted by Crippen LogP contribution is -2.43. The molecule has 22 heavy (non-hydrogen) atoms. The lowest BCUT2D eigenvalue weighted by molar-refractivity contribution is -0.142. The molecule has 1 fully saturated rings. The highest BCUT2D eigenvalue weighted by Crippen LogP contribution is 2.24.